The Balaban J connectivity index is 1.34. The van der Waals surface area contributed by atoms with E-state index in [-0.39, 0.29) is 5.75 Å². The molecule has 6 rings (SSSR count). The van der Waals surface area contributed by atoms with Gasteiger partial charge in [0.25, 0.3) is 0 Å². The van der Waals surface area contributed by atoms with Crippen LogP contribution in [0.1, 0.15) is 12.8 Å². The van der Waals surface area contributed by atoms with Gasteiger partial charge in [-0.1, -0.05) is 12.1 Å². The zero-order chi connectivity index (χ0) is 22.6. The highest BCUT2D eigenvalue weighted by Gasteiger charge is 2.29. The Morgan fingerprint density at radius 1 is 1.06 bits per heavy atom. The fraction of sp³-hybridized carbons (Fsp3) is 0.208. The summed E-state index contributed by atoms with van der Waals surface area (Å²) in [4.78, 5) is 4.79. The average Bonchev–Trinajstić information content (AvgIpc) is 3.39. The van der Waals surface area contributed by atoms with Crippen LogP contribution in [-0.2, 0) is 16.9 Å². The summed E-state index contributed by atoms with van der Waals surface area (Å²) in [6.07, 6.45) is 5.57. The largest absolute Gasteiger partial charge is 0.323 e. The van der Waals surface area contributed by atoms with E-state index >= 15 is 0 Å². The molecule has 8 nitrogen and oxygen atoms in total. The van der Waals surface area contributed by atoms with Crippen molar-refractivity contribution in [3.63, 3.8) is 0 Å². The van der Waals surface area contributed by atoms with Crippen molar-refractivity contribution in [3.05, 3.63) is 67.0 Å². The summed E-state index contributed by atoms with van der Waals surface area (Å²) < 4.78 is 29.2. The Kier molecular flexibility index (Phi) is 4.48. The third kappa shape index (κ3) is 3.74. The number of sulfone groups is 1. The quantitative estimate of drug-likeness (QED) is 0.410. The molecule has 5 aromatic rings. The molecule has 166 valence electrons. The first-order valence-electron chi connectivity index (χ1n) is 10.8. The first kappa shape index (κ1) is 19.9. The zero-order valence-electron chi connectivity index (χ0n) is 18.0. The van der Waals surface area contributed by atoms with E-state index in [1.165, 1.54) is 0 Å². The van der Waals surface area contributed by atoms with E-state index in [4.69, 9.17) is 0 Å². The van der Waals surface area contributed by atoms with Crippen molar-refractivity contribution in [1.29, 1.82) is 0 Å². The minimum Gasteiger partial charge on any atom is -0.323 e. The highest BCUT2D eigenvalue weighted by Crippen LogP contribution is 2.33. The van der Waals surface area contributed by atoms with Crippen molar-refractivity contribution >= 4 is 37.9 Å². The Hall–Kier alpha value is -3.72. The Morgan fingerprint density at radius 3 is 2.79 bits per heavy atom. The van der Waals surface area contributed by atoms with Gasteiger partial charge in [-0.3, -0.25) is 4.68 Å². The molecule has 1 aliphatic rings. The van der Waals surface area contributed by atoms with Crippen LogP contribution in [0.4, 0.5) is 11.6 Å². The number of aryl methyl sites for hydroxylation is 1. The molecular weight excluding hydrogens is 436 g/mol. The summed E-state index contributed by atoms with van der Waals surface area (Å²) in [7, 11) is -1.38. The fourth-order valence-electron chi connectivity index (χ4n) is 4.09. The first-order valence-corrected chi connectivity index (χ1v) is 12.5. The van der Waals surface area contributed by atoms with E-state index in [0.29, 0.717) is 16.8 Å². The maximum absolute atomic E-state index is 12.8. The molecule has 1 fully saturated rings. The molecule has 0 radical (unpaired) electrons. The van der Waals surface area contributed by atoms with E-state index in [9.17, 15) is 8.42 Å². The number of hydrogen-bond donors (Lipinski definition) is 1. The highest BCUT2D eigenvalue weighted by atomic mass is 32.2. The zero-order valence-corrected chi connectivity index (χ0v) is 18.8. The van der Waals surface area contributed by atoms with Crippen molar-refractivity contribution in [3.8, 4) is 11.3 Å². The Labute approximate surface area is 190 Å². The van der Waals surface area contributed by atoms with Crippen LogP contribution in [0, 0.1) is 5.92 Å². The van der Waals surface area contributed by atoms with E-state index in [1.54, 1.807) is 28.9 Å². The number of nitrogens with one attached hydrogen (secondary N) is 1. The summed E-state index contributed by atoms with van der Waals surface area (Å²) in [5.41, 5.74) is 4.33. The monoisotopic (exact) mass is 458 g/mol. The van der Waals surface area contributed by atoms with Gasteiger partial charge in [-0.25, -0.2) is 17.9 Å². The number of nitrogens with zero attached hydrogens (tertiary/aromatic N) is 5. The summed E-state index contributed by atoms with van der Waals surface area (Å²) in [5, 5.41) is 13.2. The molecule has 0 amide bonds. The molecule has 9 heteroatoms. The molecule has 0 atom stereocenters. The molecule has 3 aromatic heterocycles. The second-order valence-electron chi connectivity index (χ2n) is 8.56. The van der Waals surface area contributed by atoms with E-state index in [0.717, 1.165) is 46.2 Å². The SMILES string of the molecule is Cn1ncc2cc(Nc3ncc4ccc(-c5cccc(S(=O)(=O)CC6CC6)c5)n4n3)ccc21. The van der Waals surface area contributed by atoms with Crippen molar-refractivity contribution in [2.75, 3.05) is 11.1 Å². The van der Waals surface area contributed by atoms with Gasteiger partial charge < -0.3 is 5.32 Å². The van der Waals surface area contributed by atoms with Gasteiger partial charge >= 0.3 is 0 Å². The van der Waals surface area contributed by atoms with Crippen LogP contribution in [-0.4, -0.2) is 38.5 Å². The maximum atomic E-state index is 12.8. The van der Waals surface area contributed by atoms with Gasteiger partial charge in [-0.2, -0.15) is 5.10 Å². The number of hydrogen-bond acceptors (Lipinski definition) is 6. The summed E-state index contributed by atoms with van der Waals surface area (Å²) in [5.74, 6) is 0.976. The third-order valence-corrected chi connectivity index (χ3v) is 7.92. The molecule has 0 spiro atoms. The topological polar surface area (TPSA) is 94.2 Å². The van der Waals surface area contributed by atoms with Crippen LogP contribution in [0.5, 0.6) is 0 Å². The number of fused-ring (bicyclic) bond motifs is 2. The second-order valence-corrected chi connectivity index (χ2v) is 10.6. The average molecular weight is 459 g/mol. The number of anilines is 2. The summed E-state index contributed by atoms with van der Waals surface area (Å²) >= 11 is 0. The minimum absolute atomic E-state index is 0.225. The van der Waals surface area contributed by atoms with Gasteiger partial charge in [-0.05, 0) is 61.2 Å². The van der Waals surface area contributed by atoms with Crippen molar-refractivity contribution in [1.82, 2.24) is 24.4 Å². The smallest absolute Gasteiger partial charge is 0.245 e. The van der Waals surface area contributed by atoms with Crippen molar-refractivity contribution in [2.45, 2.75) is 17.7 Å². The number of rotatable bonds is 6. The van der Waals surface area contributed by atoms with E-state index in [2.05, 4.69) is 20.5 Å². The van der Waals surface area contributed by atoms with E-state index in [1.807, 2.05) is 54.3 Å². The van der Waals surface area contributed by atoms with Gasteiger partial charge in [0, 0.05) is 23.7 Å². The second kappa shape index (κ2) is 7.41. The van der Waals surface area contributed by atoms with Crippen LogP contribution in [0.3, 0.4) is 0 Å². The lowest BCUT2D eigenvalue weighted by Gasteiger charge is -2.09. The number of benzene rings is 2. The minimum atomic E-state index is -3.29. The van der Waals surface area contributed by atoms with Crippen LogP contribution < -0.4 is 5.32 Å². The molecule has 0 saturated heterocycles. The lowest BCUT2D eigenvalue weighted by atomic mass is 10.2. The molecule has 0 bridgehead atoms. The van der Waals surface area contributed by atoms with Crippen LogP contribution >= 0.6 is 0 Å². The first-order chi connectivity index (χ1) is 16.0. The predicted octanol–water partition coefficient (Wildman–Crippen LogP) is 4.21. The van der Waals surface area contributed by atoms with Gasteiger partial charge in [0.2, 0.25) is 5.95 Å². The fourth-order valence-corrected chi connectivity index (χ4v) is 5.83. The molecule has 0 aliphatic heterocycles. The molecule has 0 unspecified atom stereocenters. The van der Waals surface area contributed by atoms with Crippen LogP contribution in [0.15, 0.2) is 71.9 Å². The molecule has 1 saturated carbocycles. The molecule has 3 heterocycles. The lowest BCUT2D eigenvalue weighted by molar-refractivity contribution is 0.592. The normalized spacial score (nSPS) is 14.2. The number of aromatic nitrogens is 5. The molecular formula is C24H22N6O2S. The molecule has 1 aliphatic carbocycles. The summed E-state index contributed by atoms with van der Waals surface area (Å²) in [6.45, 7) is 0. The maximum Gasteiger partial charge on any atom is 0.245 e. The molecule has 1 N–H and O–H groups in total. The van der Waals surface area contributed by atoms with Gasteiger partial charge in [0.05, 0.1) is 39.8 Å². The Bertz CT molecular complexity index is 1610. The van der Waals surface area contributed by atoms with Crippen LogP contribution in [0.2, 0.25) is 0 Å². The van der Waals surface area contributed by atoms with Crippen molar-refractivity contribution in [2.24, 2.45) is 13.0 Å². The standard InChI is InChI=1S/C24H22N6O2S/c1-29-22-9-7-19(11-18(22)13-26-29)27-24-25-14-20-8-10-23(30(20)28-24)17-3-2-4-21(12-17)33(31,32)15-16-5-6-16/h2-4,7-14,16H,5-6,15H2,1H3,(H,27,28). The predicted molar refractivity (Wildman–Crippen MR) is 127 cm³/mol. The van der Waals surface area contributed by atoms with E-state index < -0.39 is 9.84 Å². The molecule has 2 aromatic carbocycles. The van der Waals surface area contributed by atoms with Crippen molar-refractivity contribution < 1.29 is 8.42 Å². The lowest BCUT2D eigenvalue weighted by Crippen LogP contribution is -2.08. The van der Waals surface area contributed by atoms with Gasteiger partial charge in [-0.15, -0.1) is 5.10 Å². The Morgan fingerprint density at radius 2 is 1.94 bits per heavy atom. The van der Waals surface area contributed by atoms with Crippen LogP contribution in [0.25, 0.3) is 27.7 Å². The molecule has 33 heavy (non-hydrogen) atoms. The van der Waals surface area contributed by atoms with Gasteiger partial charge in [0.15, 0.2) is 9.84 Å². The third-order valence-electron chi connectivity index (χ3n) is 6.04. The van der Waals surface area contributed by atoms with Gasteiger partial charge in [0.1, 0.15) is 0 Å². The highest BCUT2D eigenvalue weighted by molar-refractivity contribution is 7.91. The summed E-state index contributed by atoms with van der Waals surface area (Å²) in [6, 6.07) is 16.9.